The van der Waals surface area contributed by atoms with E-state index >= 15 is 0 Å². The van der Waals surface area contributed by atoms with E-state index in [2.05, 4.69) is 21.2 Å². The highest BCUT2D eigenvalue weighted by Crippen LogP contribution is 2.37. The Kier molecular flexibility index (Phi) is 11.7. The van der Waals surface area contributed by atoms with Crippen molar-refractivity contribution in [3.8, 4) is 17.2 Å². The Balaban J connectivity index is 2.14. The number of benzene rings is 3. The molecule has 0 radical (unpaired) electrons. The van der Waals surface area contributed by atoms with E-state index in [0.29, 0.717) is 5.75 Å². The molecule has 10 nitrogen and oxygen atoms in total. The van der Waals surface area contributed by atoms with E-state index in [-0.39, 0.29) is 45.6 Å². The largest absolute Gasteiger partial charge is 0.495 e. The monoisotopic (exact) mass is 695 g/mol. The van der Waals surface area contributed by atoms with Gasteiger partial charge in [-0.1, -0.05) is 39.7 Å². The van der Waals surface area contributed by atoms with Gasteiger partial charge in [-0.2, -0.15) is 0 Å². The minimum Gasteiger partial charge on any atom is -0.495 e. The summed E-state index contributed by atoms with van der Waals surface area (Å²) in [7, 11) is -0.222. The molecule has 1 atom stereocenters. The molecule has 43 heavy (non-hydrogen) atoms. The van der Waals surface area contributed by atoms with Crippen molar-refractivity contribution in [1.82, 2.24) is 10.2 Å². The molecule has 0 aromatic heterocycles. The summed E-state index contributed by atoms with van der Waals surface area (Å²) in [5.74, 6) is -0.319. The highest BCUT2D eigenvalue weighted by Gasteiger charge is 2.34. The summed E-state index contributed by atoms with van der Waals surface area (Å²) < 4.78 is 46.3. The molecule has 2 amide bonds. The fourth-order valence-corrected chi connectivity index (χ4v) is 6.11. The fraction of sp³-hybridized carbons (Fsp3) is 0.333. The first kappa shape index (κ1) is 34.0. The van der Waals surface area contributed by atoms with Gasteiger partial charge in [-0.05, 0) is 68.8 Å². The lowest BCUT2D eigenvalue weighted by Gasteiger charge is -2.32. The number of nitrogens with zero attached hydrogens (tertiary/aromatic N) is 2. The van der Waals surface area contributed by atoms with E-state index in [1.54, 1.807) is 13.0 Å². The van der Waals surface area contributed by atoms with E-state index in [9.17, 15) is 18.0 Å². The molecule has 0 aliphatic rings. The third kappa shape index (κ3) is 8.33. The van der Waals surface area contributed by atoms with Crippen LogP contribution in [0, 0.1) is 0 Å². The molecule has 0 saturated heterocycles. The van der Waals surface area contributed by atoms with Gasteiger partial charge in [0.2, 0.25) is 11.8 Å². The van der Waals surface area contributed by atoms with E-state index in [1.807, 2.05) is 38.1 Å². The maximum atomic E-state index is 14.3. The number of anilines is 1. The zero-order chi connectivity index (χ0) is 31.9. The summed E-state index contributed by atoms with van der Waals surface area (Å²) in [5, 5.41) is 3.06. The van der Waals surface area contributed by atoms with Gasteiger partial charge in [0.15, 0.2) is 11.5 Å². The normalized spacial score (nSPS) is 11.9. The number of halogens is 2. The number of nitrogens with one attached hydrogen (secondary N) is 1. The Morgan fingerprint density at radius 2 is 1.49 bits per heavy atom. The van der Waals surface area contributed by atoms with Crippen LogP contribution in [-0.4, -0.2) is 65.1 Å². The average molecular weight is 697 g/mol. The lowest BCUT2D eigenvalue weighted by Crippen LogP contribution is -2.52. The lowest BCUT2D eigenvalue weighted by molar-refractivity contribution is -0.139. The van der Waals surface area contributed by atoms with Crippen LogP contribution in [0.1, 0.15) is 26.3 Å². The number of amides is 2. The molecule has 3 rings (SSSR count). The smallest absolute Gasteiger partial charge is 0.265 e. The van der Waals surface area contributed by atoms with Gasteiger partial charge in [-0.15, -0.1) is 0 Å². The maximum absolute atomic E-state index is 14.3. The molecule has 0 heterocycles. The van der Waals surface area contributed by atoms with Gasteiger partial charge in [-0.3, -0.25) is 13.9 Å². The zero-order valence-electron chi connectivity index (χ0n) is 24.8. The lowest BCUT2D eigenvalue weighted by atomic mass is 10.1. The van der Waals surface area contributed by atoms with Gasteiger partial charge < -0.3 is 24.4 Å². The van der Waals surface area contributed by atoms with Crippen LogP contribution in [0.4, 0.5) is 5.69 Å². The van der Waals surface area contributed by atoms with E-state index in [0.717, 1.165) is 14.3 Å². The maximum Gasteiger partial charge on any atom is 0.265 e. The molecule has 232 valence electrons. The van der Waals surface area contributed by atoms with Crippen LogP contribution >= 0.6 is 27.5 Å². The van der Waals surface area contributed by atoms with Crippen LogP contribution in [0.5, 0.6) is 17.2 Å². The van der Waals surface area contributed by atoms with Crippen LogP contribution in [0.25, 0.3) is 0 Å². The van der Waals surface area contributed by atoms with Crippen LogP contribution in [0.15, 0.2) is 70.0 Å². The molecule has 0 unspecified atom stereocenters. The van der Waals surface area contributed by atoms with Crippen molar-refractivity contribution in [3.05, 3.63) is 75.7 Å². The van der Waals surface area contributed by atoms with Crippen molar-refractivity contribution in [2.75, 3.05) is 32.2 Å². The molecular formula is C30H35BrClN3O7S. The highest BCUT2D eigenvalue weighted by atomic mass is 79.9. The van der Waals surface area contributed by atoms with Gasteiger partial charge in [0.25, 0.3) is 10.0 Å². The number of carbonyl (C=O) groups is 2. The van der Waals surface area contributed by atoms with E-state index in [1.165, 1.54) is 56.6 Å². The number of rotatable bonds is 13. The van der Waals surface area contributed by atoms with Crippen molar-refractivity contribution >= 4 is 55.1 Å². The Morgan fingerprint density at radius 1 is 0.884 bits per heavy atom. The van der Waals surface area contributed by atoms with Gasteiger partial charge in [0.1, 0.15) is 18.3 Å². The summed E-state index contributed by atoms with van der Waals surface area (Å²) in [5.41, 5.74) is 0.788. The number of methoxy groups -OCH3 is 3. The summed E-state index contributed by atoms with van der Waals surface area (Å²) in [6.45, 7) is 4.61. The second kappa shape index (κ2) is 14.8. The number of ether oxygens (including phenoxy) is 3. The predicted molar refractivity (Wildman–Crippen MR) is 170 cm³/mol. The second-order valence-corrected chi connectivity index (χ2v) is 13.0. The Hall–Kier alpha value is -3.48. The summed E-state index contributed by atoms with van der Waals surface area (Å²) >= 11 is 9.70. The van der Waals surface area contributed by atoms with Crippen LogP contribution in [0.2, 0.25) is 5.02 Å². The Morgan fingerprint density at radius 3 is 2.07 bits per heavy atom. The van der Waals surface area contributed by atoms with Crippen molar-refractivity contribution < 1.29 is 32.2 Å². The molecule has 0 aliphatic heterocycles. The van der Waals surface area contributed by atoms with Crippen molar-refractivity contribution in [2.24, 2.45) is 0 Å². The van der Waals surface area contributed by atoms with Gasteiger partial charge in [0.05, 0.1) is 31.9 Å². The summed E-state index contributed by atoms with van der Waals surface area (Å²) in [4.78, 5) is 28.4. The molecule has 0 saturated carbocycles. The molecular weight excluding hydrogens is 662 g/mol. The standard InChI is InChI=1S/C30H35BrClN3O7S/c1-19(2)33-30(37)20(3)34(17-21-7-9-22(31)10-8-21)29(36)18-35(25-15-23(32)11-13-26(25)40-4)43(38,39)24-12-14-27(41-5)28(16-24)42-6/h7-16,19-20H,17-18H2,1-6H3,(H,33,37)/t20-/m0/s1. The van der Waals surface area contributed by atoms with Crippen molar-refractivity contribution in [3.63, 3.8) is 0 Å². The first-order valence-corrected chi connectivity index (χ1v) is 15.9. The fourth-order valence-electron chi connectivity index (χ4n) is 4.25. The number of hydrogen-bond acceptors (Lipinski definition) is 7. The molecule has 3 aromatic rings. The van der Waals surface area contributed by atoms with E-state index < -0.39 is 28.5 Å². The quantitative estimate of drug-likeness (QED) is 0.259. The predicted octanol–water partition coefficient (Wildman–Crippen LogP) is 5.27. The molecule has 0 bridgehead atoms. The van der Waals surface area contributed by atoms with Gasteiger partial charge in [-0.25, -0.2) is 8.42 Å². The number of hydrogen-bond donors (Lipinski definition) is 1. The topological polar surface area (TPSA) is 114 Å². The van der Waals surface area contributed by atoms with Gasteiger partial charge in [0, 0.05) is 28.1 Å². The molecule has 1 N–H and O–H groups in total. The highest BCUT2D eigenvalue weighted by molar-refractivity contribution is 9.10. The third-order valence-corrected chi connectivity index (χ3v) is 9.02. The average Bonchev–Trinajstić information content (AvgIpc) is 2.98. The number of carbonyl (C=O) groups excluding carboxylic acids is 2. The molecule has 3 aromatic carbocycles. The zero-order valence-corrected chi connectivity index (χ0v) is 27.9. The van der Waals surface area contributed by atoms with Gasteiger partial charge >= 0.3 is 0 Å². The minimum absolute atomic E-state index is 0.0426. The van der Waals surface area contributed by atoms with Crippen molar-refractivity contribution in [2.45, 2.75) is 44.3 Å². The first-order chi connectivity index (χ1) is 20.3. The minimum atomic E-state index is -4.43. The Labute approximate surface area is 266 Å². The SMILES string of the molecule is COc1ccc(S(=O)(=O)N(CC(=O)N(Cc2ccc(Br)cc2)[C@@H](C)C(=O)NC(C)C)c2cc(Cl)ccc2OC)cc1OC. The Bertz CT molecular complexity index is 1550. The molecule has 13 heteroatoms. The first-order valence-electron chi connectivity index (χ1n) is 13.2. The summed E-state index contributed by atoms with van der Waals surface area (Å²) in [6.07, 6.45) is 0. The van der Waals surface area contributed by atoms with Crippen LogP contribution in [-0.2, 0) is 26.2 Å². The molecule has 0 aliphatic carbocycles. The van der Waals surface area contributed by atoms with Crippen molar-refractivity contribution in [1.29, 1.82) is 0 Å². The third-order valence-electron chi connectivity index (χ3n) is 6.50. The van der Waals surface area contributed by atoms with Crippen LogP contribution < -0.4 is 23.8 Å². The number of sulfonamides is 1. The van der Waals surface area contributed by atoms with Crippen LogP contribution in [0.3, 0.4) is 0 Å². The molecule has 0 fully saturated rings. The summed E-state index contributed by atoms with van der Waals surface area (Å²) in [6, 6.07) is 14.8. The second-order valence-electron chi connectivity index (χ2n) is 9.83. The van der Waals surface area contributed by atoms with E-state index in [4.69, 9.17) is 25.8 Å². The molecule has 0 spiro atoms.